The maximum atomic E-state index is 13.1. The molecule has 25 heavy (non-hydrogen) atoms. The fraction of sp³-hybridized carbons (Fsp3) is 0.529. The molecule has 0 unspecified atom stereocenters. The van der Waals surface area contributed by atoms with Gasteiger partial charge in [0.15, 0.2) is 0 Å². The van der Waals surface area contributed by atoms with Crippen molar-refractivity contribution in [2.75, 3.05) is 19.6 Å². The Balaban J connectivity index is 1.70. The summed E-state index contributed by atoms with van der Waals surface area (Å²) in [5, 5.41) is 2.81. The molecule has 0 spiro atoms. The zero-order valence-corrected chi connectivity index (χ0v) is 13.8. The van der Waals surface area contributed by atoms with Crippen molar-refractivity contribution in [3.63, 3.8) is 0 Å². The highest BCUT2D eigenvalue weighted by Gasteiger charge is 2.41. The van der Waals surface area contributed by atoms with E-state index in [4.69, 9.17) is 0 Å². The number of alkyl halides is 3. The number of amides is 2. The van der Waals surface area contributed by atoms with Crippen LogP contribution in [0.1, 0.15) is 24.5 Å². The third-order valence-corrected chi connectivity index (χ3v) is 4.69. The van der Waals surface area contributed by atoms with E-state index in [1.807, 2.05) is 0 Å². The normalized spacial score (nSPS) is 24.3. The maximum absolute atomic E-state index is 13.1. The molecule has 2 amide bonds. The van der Waals surface area contributed by atoms with Crippen LogP contribution in [-0.2, 0) is 22.3 Å². The predicted molar refractivity (Wildman–Crippen MR) is 84.4 cm³/mol. The number of fused-ring (bicyclic) bond motifs is 1. The average molecular weight is 355 g/mol. The largest absolute Gasteiger partial charge is 0.416 e. The molecule has 1 aromatic rings. The number of hydrogen-bond acceptors (Lipinski definition) is 3. The molecule has 0 aromatic heterocycles. The summed E-state index contributed by atoms with van der Waals surface area (Å²) >= 11 is 0. The fourth-order valence-electron chi connectivity index (χ4n) is 3.73. The maximum Gasteiger partial charge on any atom is 0.416 e. The second-order valence-electron chi connectivity index (χ2n) is 6.66. The van der Waals surface area contributed by atoms with E-state index in [0.29, 0.717) is 19.5 Å². The van der Waals surface area contributed by atoms with Crippen LogP contribution in [0.3, 0.4) is 0 Å². The number of piperazine rings is 1. The van der Waals surface area contributed by atoms with Crippen molar-refractivity contribution in [3.8, 4) is 0 Å². The third kappa shape index (κ3) is 3.95. The van der Waals surface area contributed by atoms with Gasteiger partial charge >= 0.3 is 6.18 Å². The Morgan fingerprint density at radius 3 is 2.68 bits per heavy atom. The van der Waals surface area contributed by atoms with Gasteiger partial charge in [-0.1, -0.05) is 18.2 Å². The van der Waals surface area contributed by atoms with Gasteiger partial charge in [0, 0.05) is 38.6 Å². The molecule has 0 saturated carbocycles. The highest BCUT2D eigenvalue weighted by Crippen LogP contribution is 2.33. The van der Waals surface area contributed by atoms with Crippen LogP contribution in [0.4, 0.5) is 13.2 Å². The minimum Gasteiger partial charge on any atom is -0.352 e. The van der Waals surface area contributed by atoms with Crippen molar-refractivity contribution in [3.05, 3.63) is 35.4 Å². The van der Waals surface area contributed by atoms with E-state index in [0.717, 1.165) is 6.07 Å². The summed E-state index contributed by atoms with van der Waals surface area (Å²) in [6.45, 7) is 2.58. The number of benzene rings is 1. The summed E-state index contributed by atoms with van der Waals surface area (Å²) < 4.78 is 39.4. The summed E-state index contributed by atoms with van der Waals surface area (Å²) in [5.74, 6) is -0.248. The Kier molecular flexibility index (Phi) is 4.73. The number of nitrogens with one attached hydrogen (secondary N) is 1. The van der Waals surface area contributed by atoms with Gasteiger partial charge in [-0.25, -0.2) is 0 Å². The molecule has 0 bridgehead atoms. The summed E-state index contributed by atoms with van der Waals surface area (Å²) in [6.07, 6.45) is -3.78. The van der Waals surface area contributed by atoms with Crippen LogP contribution in [0.5, 0.6) is 0 Å². The van der Waals surface area contributed by atoms with E-state index in [2.05, 4.69) is 5.32 Å². The number of rotatable bonds is 3. The lowest BCUT2D eigenvalue weighted by molar-refractivity contribution is -0.139. The molecule has 8 heteroatoms. The van der Waals surface area contributed by atoms with E-state index in [1.54, 1.807) is 15.9 Å². The first-order chi connectivity index (χ1) is 11.7. The molecule has 2 fully saturated rings. The van der Waals surface area contributed by atoms with Crippen LogP contribution in [0.25, 0.3) is 0 Å². The van der Waals surface area contributed by atoms with Gasteiger partial charge in [-0.15, -0.1) is 0 Å². The molecule has 1 N–H and O–H groups in total. The summed E-state index contributed by atoms with van der Waals surface area (Å²) in [5.41, 5.74) is -0.486. The lowest BCUT2D eigenvalue weighted by Crippen LogP contribution is -2.53. The van der Waals surface area contributed by atoms with Gasteiger partial charge in [0.05, 0.1) is 12.1 Å². The third-order valence-electron chi connectivity index (χ3n) is 4.69. The molecule has 2 atom stereocenters. The van der Waals surface area contributed by atoms with Crippen LogP contribution in [0.2, 0.25) is 0 Å². The second-order valence-corrected chi connectivity index (χ2v) is 6.66. The quantitative estimate of drug-likeness (QED) is 0.897. The van der Waals surface area contributed by atoms with Crippen molar-refractivity contribution in [1.82, 2.24) is 15.1 Å². The predicted octanol–water partition coefficient (Wildman–Crippen LogP) is 1.63. The number of nitrogens with zero attached hydrogens (tertiary/aromatic N) is 2. The molecule has 0 aliphatic carbocycles. The van der Waals surface area contributed by atoms with Crippen LogP contribution < -0.4 is 5.32 Å². The van der Waals surface area contributed by atoms with Crippen molar-refractivity contribution in [2.45, 2.75) is 38.1 Å². The van der Waals surface area contributed by atoms with Crippen molar-refractivity contribution in [2.24, 2.45) is 0 Å². The van der Waals surface area contributed by atoms with Gasteiger partial charge in [-0.2, -0.15) is 13.2 Å². The van der Waals surface area contributed by atoms with Gasteiger partial charge in [0.1, 0.15) is 0 Å². The molecule has 3 rings (SSSR count). The van der Waals surface area contributed by atoms with Gasteiger partial charge in [0.25, 0.3) is 0 Å². The summed E-state index contributed by atoms with van der Waals surface area (Å²) in [7, 11) is 0. The van der Waals surface area contributed by atoms with Gasteiger partial charge in [-0.3, -0.25) is 14.5 Å². The Labute approximate surface area is 143 Å². The molecular formula is C17H20F3N3O2. The van der Waals surface area contributed by atoms with Gasteiger partial charge < -0.3 is 10.2 Å². The van der Waals surface area contributed by atoms with Crippen LogP contribution in [0, 0.1) is 0 Å². The lowest BCUT2D eigenvalue weighted by atomic mass is 10.0. The molecule has 0 radical (unpaired) electrons. The number of carbonyl (C=O) groups excluding carboxylic acids is 2. The number of carbonyl (C=O) groups is 2. The number of hydrogen-bond donors (Lipinski definition) is 1. The van der Waals surface area contributed by atoms with Crippen molar-refractivity contribution >= 4 is 11.8 Å². The minimum atomic E-state index is -4.41. The summed E-state index contributed by atoms with van der Waals surface area (Å²) in [6, 6.07) is 5.30. The molecule has 2 aliphatic heterocycles. The topological polar surface area (TPSA) is 52.7 Å². The Morgan fingerprint density at radius 1 is 1.28 bits per heavy atom. The zero-order chi connectivity index (χ0) is 18.2. The van der Waals surface area contributed by atoms with E-state index < -0.39 is 11.7 Å². The van der Waals surface area contributed by atoms with Crippen molar-refractivity contribution < 1.29 is 22.8 Å². The molecule has 5 nitrogen and oxygen atoms in total. The number of halogens is 3. The van der Waals surface area contributed by atoms with Crippen LogP contribution in [0.15, 0.2) is 24.3 Å². The van der Waals surface area contributed by atoms with Crippen LogP contribution in [-0.4, -0.2) is 53.3 Å². The molecule has 2 saturated heterocycles. The monoisotopic (exact) mass is 355 g/mol. The SMILES string of the molecule is CC(=O)N[C@H]1C[C@H]2CN(Cc3ccccc3C(F)(F)F)CC(=O)N2C1. The molecule has 2 aliphatic rings. The molecule has 1 aromatic carbocycles. The highest BCUT2D eigenvalue weighted by molar-refractivity contribution is 5.80. The second kappa shape index (κ2) is 6.67. The smallest absolute Gasteiger partial charge is 0.352 e. The molecule has 136 valence electrons. The van der Waals surface area contributed by atoms with E-state index in [-0.39, 0.29) is 42.6 Å². The van der Waals surface area contributed by atoms with E-state index >= 15 is 0 Å². The Bertz CT molecular complexity index is 677. The first kappa shape index (κ1) is 17.7. The standard InChI is InChI=1S/C17H20F3N3O2/c1-11(24)21-13-6-14-9-22(10-16(25)23(14)8-13)7-12-4-2-3-5-15(12)17(18,19)20/h2-5,13-14H,6-10H2,1H3,(H,21,24)/t13-,14-/m0/s1. The Hall–Kier alpha value is -2.09. The Morgan fingerprint density at radius 2 is 2.00 bits per heavy atom. The highest BCUT2D eigenvalue weighted by atomic mass is 19.4. The molecular weight excluding hydrogens is 335 g/mol. The zero-order valence-electron chi connectivity index (χ0n) is 13.8. The fourth-order valence-corrected chi connectivity index (χ4v) is 3.73. The molecule has 2 heterocycles. The summed E-state index contributed by atoms with van der Waals surface area (Å²) in [4.78, 5) is 27.0. The van der Waals surface area contributed by atoms with Gasteiger partial charge in [-0.05, 0) is 18.1 Å². The lowest BCUT2D eigenvalue weighted by Gasteiger charge is -2.37. The average Bonchev–Trinajstić information content (AvgIpc) is 2.89. The van der Waals surface area contributed by atoms with E-state index in [1.165, 1.54) is 19.1 Å². The van der Waals surface area contributed by atoms with Crippen LogP contribution >= 0.6 is 0 Å². The minimum absolute atomic E-state index is 0.0730. The first-order valence-corrected chi connectivity index (χ1v) is 8.18. The van der Waals surface area contributed by atoms with E-state index in [9.17, 15) is 22.8 Å². The van der Waals surface area contributed by atoms with Crippen molar-refractivity contribution in [1.29, 1.82) is 0 Å². The first-order valence-electron chi connectivity index (χ1n) is 8.18. The van der Waals surface area contributed by atoms with Gasteiger partial charge in [0.2, 0.25) is 11.8 Å².